The Hall–Kier alpha value is -2.86. The van der Waals surface area contributed by atoms with E-state index in [1.807, 2.05) is 49.4 Å². The first-order valence-electron chi connectivity index (χ1n) is 8.75. The maximum Gasteiger partial charge on any atom is 0.255 e. The summed E-state index contributed by atoms with van der Waals surface area (Å²) in [4.78, 5) is 12.7. The van der Waals surface area contributed by atoms with E-state index in [0.717, 1.165) is 22.0 Å². The second-order valence-corrected chi connectivity index (χ2v) is 8.83. The van der Waals surface area contributed by atoms with Crippen molar-refractivity contribution in [1.29, 1.82) is 0 Å². The van der Waals surface area contributed by atoms with Gasteiger partial charge in [-0.25, -0.2) is 8.42 Å². The minimum absolute atomic E-state index is 0.145. The number of anilines is 2. The standard InChI is InChI=1S/C21H20N2O3S/c1-14-11-18-12-17(8-10-20(18)23(14)27(2,25)26)21(24)22-19-9-7-15-5-3-4-6-16(15)13-19/h3-10,12-14H,11H2,1-2H3,(H,22,24). The quantitative estimate of drug-likeness (QED) is 0.751. The van der Waals surface area contributed by atoms with Crippen molar-refractivity contribution in [2.75, 3.05) is 15.9 Å². The molecular weight excluding hydrogens is 360 g/mol. The van der Waals surface area contributed by atoms with Crippen LogP contribution in [0.1, 0.15) is 22.8 Å². The molecule has 1 N–H and O–H groups in total. The van der Waals surface area contributed by atoms with Gasteiger partial charge in [0.05, 0.1) is 11.9 Å². The van der Waals surface area contributed by atoms with Crippen LogP contribution >= 0.6 is 0 Å². The maximum absolute atomic E-state index is 12.7. The minimum Gasteiger partial charge on any atom is -0.322 e. The van der Waals surface area contributed by atoms with Crippen molar-refractivity contribution in [2.24, 2.45) is 0 Å². The summed E-state index contributed by atoms with van der Waals surface area (Å²) in [7, 11) is -3.33. The van der Waals surface area contributed by atoms with Crippen molar-refractivity contribution in [3.63, 3.8) is 0 Å². The Morgan fingerprint density at radius 2 is 1.78 bits per heavy atom. The summed E-state index contributed by atoms with van der Waals surface area (Å²) in [6.07, 6.45) is 1.80. The SMILES string of the molecule is CC1Cc2cc(C(=O)Nc3ccc4ccccc4c3)ccc2N1S(C)(=O)=O. The zero-order chi connectivity index (χ0) is 19.2. The smallest absolute Gasteiger partial charge is 0.255 e. The van der Waals surface area contributed by atoms with Crippen LogP contribution in [0.15, 0.2) is 60.7 Å². The van der Waals surface area contributed by atoms with Gasteiger partial charge in [0.2, 0.25) is 10.0 Å². The van der Waals surface area contributed by atoms with Crippen LogP contribution < -0.4 is 9.62 Å². The Bertz CT molecular complexity index is 1160. The molecule has 1 unspecified atom stereocenters. The third-order valence-electron chi connectivity index (χ3n) is 4.86. The third kappa shape index (κ3) is 3.28. The van der Waals surface area contributed by atoms with Gasteiger partial charge in [-0.15, -0.1) is 0 Å². The Morgan fingerprint density at radius 1 is 1.04 bits per heavy atom. The van der Waals surface area contributed by atoms with Crippen LogP contribution in [0.4, 0.5) is 11.4 Å². The van der Waals surface area contributed by atoms with E-state index >= 15 is 0 Å². The van der Waals surface area contributed by atoms with E-state index < -0.39 is 10.0 Å². The van der Waals surface area contributed by atoms with Crippen LogP contribution in [-0.4, -0.2) is 26.6 Å². The maximum atomic E-state index is 12.7. The molecule has 0 bridgehead atoms. The van der Waals surface area contributed by atoms with Crippen LogP contribution in [0.3, 0.4) is 0 Å². The van der Waals surface area contributed by atoms with E-state index in [0.29, 0.717) is 17.7 Å². The molecule has 1 heterocycles. The highest BCUT2D eigenvalue weighted by molar-refractivity contribution is 7.92. The topological polar surface area (TPSA) is 66.5 Å². The number of benzene rings is 3. The van der Waals surface area contributed by atoms with Crippen molar-refractivity contribution in [2.45, 2.75) is 19.4 Å². The van der Waals surface area contributed by atoms with Crippen molar-refractivity contribution in [1.82, 2.24) is 0 Å². The number of fused-ring (bicyclic) bond motifs is 2. The highest BCUT2D eigenvalue weighted by atomic mass is 32.2. The van der Waals surface area contributed by atoms with Gasteiger partial charge in [-0.2, -0.15) is 0 Å². The lowest BCUT2D eigenvalue weighted by Crippen LogP contribution is -2.34. The van der Waals surface area contributed by atoms with Gasteiger partial charge in [0, 0.05) is 17.3 Å². The molecule has 6 heteroatoms. The van der Waals surface area contributed by atoms with E-state index in [-0.39, 0.29) is 11.9 Å². The molecule has 3 aromatic carbocycles. The molecule has 0 radical (unpaired) electrons. The summed E-state index contributed by atoms with van der Waals surface area (Å²) < 4.78 is 25.5. The molecule has 0 aliphatic carbocycles. The summed E-state index contributed by atoms with van der Waals surface area (Å²) in [5.41, 5.74) is 2.78. The van der Waals surface area contributed by atoms with Gasteiger partial charge < -0.3 is 5.32 Å². The van der Waals surface area contributed by atoms with Gasteiger partial charge in [-0.1, -0.05) is 30.3 Å². The molecule has 0 aromatic heterocycles. The summed E-state index contributed by atoms with van der Waals surface area (Å²) in [6.45, 7) is 1.87. The second kappa shape index (κ2) is 6.39. The van der Waals surface area contributed by atoms with Gasteiger partial charge in [0.15, 0.2) is 0 Å². The van der Waals surface area contributed by atoms with Gasteiger partial charge in [0.1, 0.15) is 0 Å². The Kier molecular flexibility index (Phi) is 4.15. The fourth-order valence-corrected chi connectivity index (χ4v) is 4.98. The monoisotopic (exact) mass is 380 g/mol. The molecule has 3 aromatic rings. The lowest BCUT2D eigenvalue weighted by Gasteiger charge is -2.21. The van der Waals surface area contributed by atoms with Gasteiger partial charge in [-0.3, -0.25) is 9.10 Å². The zero-order valence-electron chi connectivity index (χ0n) is 15.1. The number of nitrogens with zero attached hydrogens (tertiary/aromatic N) is 1. The number of nitrogens with one attached hydrogen (secondary N) is 1. The van der Waals surface area contributed by atoms with Crippen LogP contribution in [-0.2, 0) is 16.4 Å². The first-order valence-corrected chi connectivity index (χ1v) is 10.6. The fourth-order valence-electron chi connectivity index (χ4n) is 3.72. The molecule has 4 rings (SSSR count). The number of amides is 1. The Morgan fingerprint density at radius 3 is 2.52 bits per heavy atom. The summed E-state index contributed by atoms with van der Waals surface area (Å²) in [6, 6.07) is 18.8. The minimum atomic E-state index is -3.33. The zero-order valence-corrected chi connectivity index (χ0v) is 16.0. The molecule has 0 saturated heterocycles. The summed E-state index contributed by atoms with van der Waals surface area (Å²) in [5, 5.41) is 5.09. The first kappa shape index (κ1) is 17.5. The van der Waals surface area contributed by atoms with Crippen molar-refractivity contribution < 1.29 is 13.2 Å². The summed E-state index contributed by atoms with van der Waals surface area (Å²) in [5.74, 6) is -0.210. The number of hydrogen-bond acceptors (Lipinski definition) is 3. The van der Waals surface area contributed by atoms with Crippen LogP contribution in [0.2, 0.25) is 0 Å². The molecule has 1 atom stereocenters. The predicted molar refractivity (Wildman–Crippen MR) is 109 cm³/mol. The van der Waals surface area contributed by atoms with Gasteiger partial charge in [-0.05, 0) is 60.0 Å². The number of sulfonamides is 1. The van der Waals surface area contributed by atoms with Gasteiger partial charge in [0.25, 0.3) is 5.91 Å². The lowest BCUT2D eigenvalue weighted by molar-refractivity contribution is 0.102. The van der Waals surface area contributed by atoms with Crippen molar-refractivity contribution in [3.05, 3.63) is 71.8 Å². The third-order valence-corrected chi connectivity index (χ3v) is 6.13. The summed E-state index contributed by atoms with van der Waals surface area (Å²) >= 11 is 0. The number of carbonyl (C=O) groups is 1. The highest BCUT2D eigenvalue weighted by Gasteiger charge is 2.32. The normalized spacial score (nSPS) is 16.4. The fraction of sp³-hybridized carbons (Fsp3) is 0.190. The van der Waals surface area contributed by atoms with E-state index in [2.05, 4.69) is 5.32 Å². The predicted octanol–water partition coefficient (Wildman–Crippen LogP) is 3.80. The van der Waals surface area contributed by atoms with E-state index in [1.165, 1.54) is 10.6 Å². The van der Waals surface area contributed by atoms with Crippen LogP contribution in [0.5, 0.6) is 0 Å². The van der Waals surface area contributed by atoms with E-state index in [9.17, 15) is 13.2 Å². The lowest BCUT2D eigenvalue weighted by atomic mass is 10.1. The molecular formula is C21H20N2O3S. The molecule has 5 nitrogen and oxygen atoms in total. The molecule has 1 aliphatic heterocycles. The largest absolute Gasteiger partial charge is 0.322 e. The first-order chi connectivity index (χ1) is 12.8. The number of carbonyl (C=O) groups excluding carboxylic acids is 1. The Balaban J connectivity index is 1.60. The average molecular weight is 380 g/mol. The molecule has 0 fully saturated rings. The molecule has 138 valence electrons. The van der Waals surface area contributed by atoms with Crippen molar-refractivity contribution >= 4 is 38.1 Å². The second-order valence-electron chi connectivity index (χ2n) is 6.97. The van der Waals surface area contributed by atoms with Crippen molar-refractivity contribution in [3.8, 4) is 0 Å². The Labute approximate surface area is 158 Å². The van der Waals surface area contributed by atoms with Crippen LogP contribution in [0.25, 0.3) is 10.8 Å². The van der Waals surface area contributed by atoms with Gasteiger partial charge >= 0.3 is 0 Å². The van der Waals surface area contributed by atoms with E-state index in [1.54, 1.807) is 18.2 Å². The van der Waals surface area contributed by atoms with E-state index in [4.69, 9.17) is 0 Å². The molecule has 27 heavy (non-hydrogen) atoms. The van der Waals surface area contributed by atoms with Crippen LogP contribution in [0, 0.1) is 0 Å². The molecule has 1 amide bonds. The molecule has 0 spiro atoms. The average Bonchev–Trinajstić information content (AvgIpc) is 2.96. The number of hydrogen-bond donors (Lipinski definition) is 1. The molecule has 1 aliphatic rings. The highest BCUT2D eigenvalue weighted by Crippen LogP contribution is 2.34. The number of rotatable bonds is 3. The molecule has 0 saturated carbocycles.